The summed E-state index contributed by atoms with van der Waals surface area (Å²) in [5.74, 6) is 0.998. The van der Waals surface area contributed by atoms with Crippen molar-refractivity contribution >= 4 is 17.2 Å². The first kappa shape index (κ1) is 28.1. The van der Waals surface area contributed by atoms with Crippen LogP contribution in [0.15, 0.2) is 73.4 Å². The maximum Gasteiger partial charge on any atom is 0.233 e. The number of hydrogen-bond acceptors (Lipinski definition) is 7. The van der Waals surface area contributed by atoms with Gasteiger partial charge in [-0.25, -0.2) is 14.5 Å². The summed E-state index contributed by atoms with van der Waals surface area (Å²) in [4.78, 5) is 27.9. The van der Waals surface area contributed by atoms with E-state index in [-0.39, 0.29) is 11.3 Å². The van der Waals surface area contributed by atoms with Gasteiger partial charge in [-0.2, -0.15) is 15.5 Å². The summed E-state index contributed by atoms with van der Waals surface area (Å²) in [7, 11) is 1.86. The fraction of sp³-hybridized carbons (Fsp3) is 0.333. The van der Waals surface area contributed by atoms with E-state index in [4.69, 9.17) is 9.97 Å². The molecule has 1 aliphatic rings. The van der Waals surface area contributed by atoms with E-state index in [1.165, 1.54) is 0 Å². The van der Waals surface area contributed by atoms with Crippen LogP contribution < -0.4 is 4.90 Å². The first-order valence-corrected chi connectivity index (χ1v) is 14.4. The van der Waals surface area contributed by atoms with Gasteiger partial charge in [0.1, 0.15) is 23.0 Å². The fourth-order valence-electron chi connectivity index (χ4n) is 5.81. The third kappa shape index (κ3) is 4.91. The molecule has 43 heavy (non-hydrogen) atoms. The van der Waals surface area contributed by atoms with E-state index < -0.39 is 5.41 Å². The number of carbonyl (C=O) groups excluding carboxylic acids is 1. The summed E-state index contributed by atoms with van der Waals surface area (Å²) in [5, 5.41) is 18.4. The lowest BCUT2D eigenvalue weighted by atomic mass is 9.63. The SMILES string of the molecule is Cn1cc(-c2cn3ncc(C#N)c3c(-c3ccc(N4CCN(C(=O)[C@@](C)(c5ccccc5)C(C)(C)C)CC4)nc3)n2)cn1. The number of pyridine rings is 1. The van der Waals surface area contributed by atoms with Crippen molar-refractivity contribution in [2.75, 3.05) is 31.1 Å². The first-order valence-electron chi connectivity index (χ1n) is 14.4. The van der Waals surface area contributed by atoms with Gasteiger partial charge < -0.3 is 9.80 Å². The van der Waals surface area contributed by atoms with E-state index in [0.29, 0.717) is 48.6 Å². The molecule has 0 N–H and O–H groups in total. The molecule has 5 aromatic rings. The number of anilines is 1. The van der Waals surface area contributed by atoms with Crippen LogP contribution in [0.5, 0.6) is 0 Å². The molecule has 0 saturated carbocycles. The lowest BCUT2D eigenvalue weighted by molar-refractivity contribution is -0.141. The van der Waals surface area contributed by atoms with Crippen LogP contribution in [0.4, 0.5) is 5.82 Å². The predicted molar refractivity (Wildman–Crippen MR) is 165 cm³/mol. The van der Waals surface area contributed by atoms with Crippen molar-refractivity contribution in [2.24, 2.45) is 12.5 Å². The van der Waals surface area contributed by atoms with Gasteiger partial charge in [0.2, 0.25) is 5.91 Å². The summed E-state index contributed by atoms with van der Waals surface area (Å²) in [6, 6.07) is 16.3. The van der Waals surface area contributed by atoms with Gasteiger partial charge in [0.05, 0.1) is 35.4 Å². The van der Waals surface area contributed by atoms with Crippen LogP contribution >= 0.6 is 0 Å². The zero-order valence-corrected chi connectivity index (χ0v) is 25.2. The molecule has 6 rings (SSSR count). The quantitative estimate of drug-likeness (QED) is 0.299. The summed E-state index contributed by atoms with van der Waals surface area (Å²) < 4.78 is 3.41. The van der Waals surface area contributed by atoms with Crippen molar-refractivity contribution in [1.29, 1.82) is 5.26 Å². The monoisotopic (exact) mass is 573 g/mol. The van der Waals surface area contributed by atoms with Gasteiger partial charge in [-0.15, -0.1) is 0 Å². The molecule has 10 heteroatoms. The minimum absolute atomic E-state index is 0.159. The molecule has 0 spiro atoms. The number of nitrogens with zero attached hydrogens (tertiary/aromatic N) is 9. The normalized spacial score (nSPS) is 15.3. The highest BCUT2D eigenvalue weighted by Crippen LogP contribution is 2.43. The highest BCUT2D eigenvalue weighted by atomic mass is 16.2. The molecule has 0 unspecified atom stereocenters. The second-order valence-corrected chi connectivity index (χ2v) is 12.3. The Morgan fingerprint density at radius 1 is 0.884 bits per heavy atom. The van der Waals surface area contributed by atoms with Gasteiger partial charge in [0.15, 0.2) is 0 Å². The van der Waals surface area contributed by atoms with Gasteiger partial charge in [-0.3, -0.25) is 9.48 Å². The number of aryl methyl sites for hydroxylation is 1. The molecular formula is C33H35N9O. The maximum atomic E-state index is 14.0. The first-order chi connectivity index (χ1) is 20.6. The van der Waals surface area contributed by atoms with Crippen molar-refractivity contribution in [3.63, 3.8) is 0 Å². The van der Waals surface area contributed by atoms with Crippen LogP contribution in [-0.2, 0) is 17.3 Å². The zero-order chi connectivity index (χ0) is 30.4. The van der Waals surface area contributed by atoms with Gasteiger partial charge in [0.25, 0.3) is 0 Å². The summed E-state index contributed by atoms with van der Waals surface area (Å²) in [6.07, 6.45) is 8.80. The van der Waals surface area contributed by atoms with Crippen LogP contribution in [0.25, 0.3) is 28.0 Å². The highest BCUT2D eigenvalue weighted by Gasteiger charge is 2.48. The van der Waals surface area contributed by atoms with Crippen molar-refractivity contribution in [3.8, 4) is 28.6 Å². The molecule has 0 radical (unpaired) electrons. The lowest BCUT2D eigenvalue weighted by Gasteiger charge is -2.46. The second-order valence-electron chi connectivity index (χ2n) is 12.3. The summed E-state index contributed by atoms with van der Waals surface area (Å²) in [6.45, 7) is 11.1. The molecule has 1 saturated heterocycles. The predicted octanol–water partition coefficient (Wildman–Crippen LogP) is 4.72. The number of nitriles is 1. The molecular weight excluding hydrogens is 538 g/mol. The Bertz CT molecular complexity index is 1820. The van der Waals surface area contributed by atoms with E-state index in [9.17, 15) is 10.1 Å². The van der Waals surface area contributed by atoms with Crippen LogP contribution in [0.1, 0.15) is 38.8 Å². The number of amides is 1. The van der Waals surface area contributed by atoms with Crippen molar-refractivity contribution in [3.05, 3.63) is 84.6 Å². The maximum absolute atomic E-state index is 14.0. The van der Waals surface area contributed by atoms with E-state index in [1.807, 2.05) is 54.7 Å². The Labute approximate surface area is 251 Å². The Hall–Kier alpha value is -5.04. The molecule has 1 atom stereocenters. The molecule has 0 bridgehead atoms. The molecule has 1 aromatic carbocycles. The van der Waals surface area contributed by atoms with Crippen LogP contribution in [-0.4, -0.2) is 66.3 Å². The van der Waals surface area contributed by atoms with Gasteiger partial charge in [-0.1, -0.05) is 51.1 Å². The average Bonchev–Trinajstić information content (AvgIpc) is 3.66. The number of carbonyl (C=O) groups is 1. The molecule has 1 amide bonds. The topological polar surface area (TPSA) is 108 Å². The number of benzene rings is 1. The smallest absolute Gasteiger partial charge is 0.233 e. The van der Waals surface area contributed by atoms with E-state index >= 15 is 0 Å². The number of rotatable bonds is 5. The highest BCUT2D eigenvalue weighted by molar-refractivity contribution is 5.89. The molecule has 1 aliphatic heterocycles. The van der Waals surface area contributed by atoms with Gasteiger partial charge in [-0.05, 0) is 30.0 Å². The molecule has 218 valence electrons. The number of piperazine rings is 1. The number of fused-ring (bicyclic) bond motifs is 1. The van der Waals surface area contributed by atoms with Crippen molar-refractivity contribution < 1.29 is 4.79 Å². The molecule has 0 aliphatic carbocycles. The summed E-state index contributed by atoms with van der Waals surface area (Å²) in [5.41, 5.74) is 4.20. The van der Waals surface area contributed by atoms with Crippen LogP contribution in [0, 0.1) is 16.7 Å². The van der Waals surface area contributed by atoms with E-state index in [2.05, 4.69) is 61.0 Å². The van der Waals surface area contributed by atoms with Gasteiger partial charge in [0, 0.05) is 56.7 Å². The second kappa shape index (κ2) is 10.7. The standard InChI is InChI=1S/C33H35N9O/c1-32(2,3)33(4,26-9-7-6-8-10-26)31(43)41-15-13-40(14-16-41)28-12-11-23(18-35-28)29-30-24(17-34)19-37-42(30)22-27(38-29)25-20-36-39(5)21-25/h6-12,18-22H,13-16H2,1-5H3/t33-/m1/s1. The molecule has 10 nitrogen and oxygen atoms in total. The molecule has 5 heterocycles. The minimum atomic E-state index is -0.644. The number of hydrogen-bond donors (Lipinski definition) is 0. The summed E-state index contributed by atoms with van der Waals surface area (Å²) >= 11 is 0. The molecule has 4 aromatic heterocycles. The van der Waals surface area contributed by atoms with Crippen molar-refractivity contribution in [1.82, 2.24) is 34.3 Å². The molecule has 1 fully saturated rings. The zero-order valence-electron chi connectivity index (χ0n) is 25.2. The van der Waals surface area contributed by atoms with Gasteiger partial charge >= 0.3 is 0 Å². The minimum Gasteiger partial charge on any atom is -0.353 e. The Morgan fingerprint density at radius 2 is 1.63 bits per heavy atom. The van der Waals surface area contributed by atoms with E-state index in [1.54, 1.807) is 27.8 Å². The Balaban J connectivity index is 1.23. The fourth-order valence-corrected chi connectivity index (χ4v) is 5.81. The Morgan fingerprint density at radius 3 is 2.23 bits per heavy atom. The van der Waals surface area contributed by atoms with Crippen LogP contribution in [0.3, 0.4) is 0 Å². The average molecular weight is 574 g/mol. The lowest BCUT2D eigenvalue weighted by Crippen LogP contribution is -2.57. The van der Waals surface area contributed by atoms with Crippen molar-refractivity contribution in [2.45, 2.75) is 33.1 Å². The third-order valence-electron chi connectivity index (χ3n) is 8.81. The third-order valence-corrected chi connectivity index (χ3v) is 8.81. The Kier molecular flexibility index (Phi) is 6.97. The largest absolute Gasteiger partial charge is 0.353 e. The number of aromatic nitrogens is 6. The van der Waals surface area contributed by atoms with Crippen LogP contribution in [0.2, 0.25) is 0 Å². The van der Waals surface area contributed by atoms with E-state index in [0.717, 1.165) is 22.5 Å².